The smallest absolute Gasteiger partial charge is 0.196 e. The fraction of sp³-hybridized carbons (Fsp3) is 0.438. The summed E-state index contributed by atoms with van der Waals surface area (Å²) in [6, 6.07) is 7.81. The van der Waals surface area contributed by atoms with Crippen LogP contribution in [-0.2, 0) is 4.74 Å². The van der Waals surface area contributed by atoms with E-state index in [0.717, 1.165) is 30.4 Å². The third-order valence-electron chi connectivity index (χ3n) is 2.58. The molecule has 116 valence electrons. The first-order chi connectivity index (χ1) is 10.3. The molecule has 1 rings (SSSR count). The van der Waals surface area contributed by atoms with E-state index >= 15 is 0 Å². The Kier molecular flexibility index (Phi) is 8.72. The van der Waals surface area contributed by atoms with Gasteiger partial charge in [-0.3, -0.25) is 0 Å². The van der Waals surface area contributed by atoms with Crippen molar-refractivity contribution in [2.75, 3.05) is 38.7 Å². The number of benzene rings is 1. The Morgan fingerprint density at radius 1 is 1.38 bits per heavy atom. The van der Waals surface area contributed by atoms with Crippen LogP contribution in [0.5, 0.6) is 5.75 Å². The summed E-state index contributed by atoms with van der Waals surface area (Å²) in [6.07, 6.45) is 2.63. The third kappa shape index (κ3) is 7.37. The van der Waals surface area contributed by atoms with Gasteiger partial charge in [0.2, 0.25) is 0 Å². The number of hydrogen-bond acceptors (Lipinski definition) is 3. The maximum Gasteiger partial charge on any atom is 0.196 e. The Labute approximate surface area is 127 Å². The summed E-state index contributed by atoms with van der Waals surface area (Å²) in [5.41, 5.74) is 0.933. The lowest BCUT2D eigenvalue weighted by Gasteiger charge is -2.12. The summed E-state index contributed by atoms with van der Waals surface area (Å²) < 4.78 is 10.7. The van der Waals surface area contributed by atoms with Gasteiger partial charge < -0.3 is 20.1 Å². The van der Waals surface area contributed by atoms with Crippen LogP contribution in [0.2, 0.25) is 0 Å². The first-order valence-electron chi connectivity index (χ1n) is 7.18. The molecule has 0 atom stereocenters. The Hall–Kier alpha value is -2.01. The summed E-state index contributed by atoms with van der Waals surface area (Å²) in [6.45, 7) is 8.42. The van der Waals surface area contributed by atoms with E-state index in [0.29, 0.717) is 19.8 Å². The van der Waals surface area contributed by atoms with E-state index in [2.05, 4.69) is 22.2 Å². The zero-order valence-corrected chi connectivity index (χ0v) is 12.9. The molecule has 0 amide bonds. The molecular formula is C16H25N3O2. The molecule has 0 fully saturated rings. The highest BCUT2D eigenvalue weighted by molar-refractivity contribution is 5.93. The average molecular weight is 291 g/mol. The third-order valence-corrected chi connectivity index (χ3v) is 2.58. The number of rotatable bonds is 9. The highest BCUT2D eigenvalue weighted by Crippen LogP contribution is 2.17. The minimum Gasteiger partial charge on any atom is -0.493 e. The lowest BCUT2D eigenvalue weighted by molar-refractivity contribution is 0.172. The molecular weight excluding hydrogens is 266 g/mol. The van der Waals surface area contributed by atoms with Gasteiger partial charge in [-0.2, -0.15) is 0 Å². The normalized spacial score (nSPS) is 11.0. The number of methoxy groups -OCH3 is 1. The molecule has 0 aliphatic carbocycles. The van der Waals surface area contributed by atoms with Crippen LogP contribution in [0.25, 0.3) is 0 Å². The molecule has 0 saturated carbocycles. The SMILES string of the molecule is C=CCN=C(NCC)Nc1cccc(OCCCOC)c1. The molecule has 0 bridgehead atoms. The topological polar surface area (TPSA) is 54.9 Å². The van der Waals surface area contributed by atoms with Crippen molar-refractivity contribution in [2.45, 2.75) is 13.3 Å². The highest BCUT2D eigenvalue weighted by atomic mass is 16.5. The predicted octanol–water partition coefficient (Wildman–Crippen LogP) is 2.67. The lowest BCUT2D eigenvalue weighted by Crippen LogP contribution is -2.30. The Bertz CT molecular complexity index is 447. The fourth-order valence-corrected chi connectivity index (χ4v) is 1.66. The van der Waals surface area contributed by atoms with Crippen LogP contribution in [-0.4, -0.2) is 39.4 Å². The van der Waals surface area contributed by atoms with Crippen LogP contribution in [0.3, 0.4) is 0 Å². The number of nitrogens with zero attached hydrogens (tertiary/aromatic N) is 1. The summed E-state index contributed by atoms with van der Waals surface area (Å²) in [5, 5.41) is 6.42. The van der Waals surface area contributed by atoms with E-state index in [4.69, 9.17) is 9.47 Å². The van der Waals surface area contributed by atoms with E-state index in [1.807, 2.05) is 31.2 Å². The molecule has 1 aromatic carbocycles. The molecule has 1 aromatic rings. The predicted molar refractivity (Wildman–Crippen MR) is 88.2 cm³/mol. The molecule has 2 N–H and O–H groups in total. The van der Waals surface area contributed by atoms with E-state index in [1.165, 1.54) is 0 Å². The van der Waals surface area contributed by atoms with Crippen LogP contribution in [0.15, 0.2) is 41.9 Å². The van der Waals surface area contributed by atoms with Crippen LogP contribution in [0.1, 0.15) is 13.3 Å². The zero-order chi connectivity index (χ0) is 15.3. The van der Waals surface area contributed by atoms with E-state index < -0.39 is 0 Å². The maximum atomic E-state index is 5.67. The second-order valence-corrected chi connectivity index (χ2v) is 4.36. The lowest BCUT2D eigenvalue weighted by atomic mass is 10.3. The van der Waals surface area contributed by atoms with Gasteiger partial charge in [0.25, 0.3) is 0 Å². The van der Waals surface area contributed by atoms with Crippen molar-refractivity contribution in [3.63, 3.8) is 0 Å². The number of aliphatic imine (C=N–C) groups is 1. The van der Waals surface area contributed by atoms with Crippen molar-refractivity contribution < 1.29 is 9.47 Å². The van der Waals surface area contributed by atoms with Crippen LogP contribution in [0, 0.1) is 0 Å². The summed E-state index contributed by atoms with van der Waals surface area (Å²) >= 11 is 0. The highest BCUT2D eigenvalue weighted by Gasteiger charge is 2.00. The van der Waals surface area contributed by atoms with E-state index in [-0.39, 0.29) is 0 Å². The standard InChI is InChI=1S/C16H25N3O2/c1-4-10-18-16(17-5-2)19-14-8-6-9-15(13-14)21-12-7-11-20-3/h4,6,8-9,13H,1,5,7,10-12H2,2-3H3,(H2,17,18,19). The van der Waals surface area contributed by atoms with Crippen LogP contribution < -0.4 is 15.4 Å². The molecule has 5 heteroatoms. The zero-order valence-electron chi connectivity index (χ0n) is 12.9. The number of nitrogens with one attached hydrogen (secondary N) is 2. The van der Waals surface area contributed by atoms with Gasteiger partial charge in [0, 0.05) is 38.4 Å². The first-order valence-corrected chi connectivity index (χ1v) is 7.18. The van der Waals surface area contributed by atoms with Crippen molar-refractivity contribution in [2.24, 2.45) is 4.99 Å². The maximum absolute atomic E-state index is 5.67. The minimum absolute atomic E-state index is 0.572. The van der Waals surface area contributed by atoms with Gasteiger partial charge in [0.1, 0.15) is 5.75 Å². The van der Waals surface area contributed by atoms with Crippen molar-refractivity contribution in [3.8, 4) is 5.75 Å². The van der Waals surface area contributed by atoms with Gasteiger partial charge in [-0.25, -0.2) is 4.99 Å². The molecule has 0 heterocycles. The second-order valence-electron chi connectivity index (χ2n) is 4.36. The average Bonchev–Trinajstić information content (AvgIpc) is 2.50. The molecule has 0 spiro atoms. The molecule has 0 saturated heterocycles. The number of guanidine groups is 1. The van der Waals surface area contributed by atoms with E-state index in [9.17, 15) is 0 Å². The van der Waals surface area contributed by atoms with Crippen LogP contribution in [0.4, 0.5) is 5.69 Å². The van der Waals surface area contributed by atoms with Crippen molar-refractivity contribution in [1.82, 2.24) is 5.32 Å². The molecule has 5 nitrogen and oxygen atoms in total. The van der Waals surface area contributed by atoms with Gasteiger partial charge in [-0.15, -0.1) is 6.58 Å². The second kappa shape index (κ2) is 10.7. The Morgan fingerprint density at radius 3 is 2.95 bits per heavy atom. The molecule has 0 aliphatic heterocycles. The van der Waals surface area contributed by atoms with Gasteiger partial charge >= 0.3 is 0 Å². The summed E-state index contributed by atoms with van der Waals surface area (Å²) in [5.74, 6) is 1.56. The number of ether oxygens (including phenoxy) is 2. The van der Waals surface area contributed by atoms with Gasteiger partial charge in [-0.1, -0.05) is 12.1 Å². The van der Waals surface area contributed by atoms with Crippen molar-refractivity contribution >= 4 is 11.6 Å². The van der Waals surface area contributed by atoms with Gasteiger partial charge in [0.05, 0.1) is 13.2 Å². The summed E-state index contributed by atoms with van der Waals surface area (Å²) in [7, 11) is 1.69. The van der Waals surface area contributed by atoms with Crippen molar-refractivity contribution in [1.29, 1.82) is 0 Å². The first kappa shape index (κ1) is 17.0. The van der Waals surface area contributed by atoms with Gasteiger partial charge in [0.15, 0.2) is 5.96 Å². The van der Waals surface area contributed by atoms with Gasteiger partial charge in [-0.05, 0) is 19.1 Å². The number of hydrogen-bond donors (Lipinski definition) is 2. The minimum atomic E-state index is 0.572. The Morgan fingerprint density at radius 2 is 2.24 bits per heavy atom. The van der Waals surface area contributed by atoms with E-state index in [1.54, 1.807) is 13.2 Å². The largest absolute Gasteiger partial charge is 0.493 e. The fourth-order valence-electron chi connectivity index (χ4n) is 1.66. The molecule has 0 aliphatic rings. The van der Waals surface area contributed by atoms with Crippen LogP contribution >= 0.6 is 0 Å². The van der Waals surface area contributed by atoms with Crippen molar-refractivity contribution in [3.05, 3.63) is 36.9 Å². The quantitative estimate of drug-likeness (QED) is 0.318. The molecule has 0 aromatic heterocycles. The molecule has 21 heavy (non-hydrogen) atoms. The monoisotopic (exact) mass is 291 g/mol. The number of anilines is 1. The molecule has 0 unspecified atom stereocenters. The Balaban J connectivity index is 2.59. The summed E-state index contributed by atoms with van der Waals surface area (Å²) in [4.78, 5) is 4.36. The molecule has 0 radical (unpaired) electrons.